The van der Waals surface area contributed by atoms with Gasteiger partial charge < -0.3 is 10.2 Å². The first-order chi connectivity index (χ1) is 10.2. The van der Waals surface area contributed by atoms with E-state index < -0.39 is 0 Å². The second-order valence-corrected chi connectivity index (χ2v) is 5.23. The van der Waals surface area contributed by atoms with Gasteiger partial charge in [0.15, 0.2) is 5.96 Å². The van der Waals surface area contributed by atoms with Crippen LogP contribution in [0, 0.1) is 6.92 Å². The first-order valence-electron chi connectivity index (χ1n) is 7.62. The van der Waals surface area contributed by atoms with Gasteiger partial charge in [-0.2, -0.15) is 0 Å². The van der Waals surface area contributed by atoms with Crippen molar-refractivity contribution < 1.29 is 0 Å². The molecule has 21 heavy (non-hydrogen) atoms. The smallest absolute Gasteiger partial charge is 0.193 e. The fraction of sp³-hybridized carbons (Fsp3) is 0.529. The number of unbranched alkanes of at least 4 members (excludes halogenated alkanes) is 3. The third-order valence-electron chi connectivity index (χ3n) is 3.35. The molecule has 0 aliphatic rings. The van der Waals surface area contributed by atoms with Crippen LogP contribution in [-0.2, 0) is 6.54 Å². The van der Waals surface area contributed by atoms with Crippen molar-refractivity contribution in [1.82, 2.24) is 15.2 Å². The zero-order valence-corrected chi connectivity index (χ0v) is 13.6. The van der Waals surface area contributed by atoms with Crippen LogP contribution in [0.3, 0.4) is 0 Å². The van der Waals surface area contributed by atoms with E-state index in [4.69, 9.17) is 0 Å². The molecule has 0 aromatic carbocycles. The maximum absolute atomic E-state index is 4.49. The third-order valence-corrected chi connectivity index (χ3v) is 3.35. The number of hydrogen-bond donors (Lipinski definition) is 1. The van der Waals surface area contributed by atoms with Gasteiger partial charge in [0.2, 0.25) is 0 Å². The summed E-state index contributed by atoms with van der Waals surface area (Å²) in [5.41, 5.74) is 2.08. The molecule has 1 aromatic heterocycles. The van der Waals surface area contributed by atoms with Gasteiger partial charge in [0.1, 0.15) is 0 Å². The van der Waals surface area contributed by atoms with Crippen LogP contribution >= 0.6 is 0 Å². The molecule has 1 rings (SSSR count). The van der Waals surface area contributed by atoms with Crippen molar-refractivity contribution in [2.24, 2.45) is 4.99 Å². The van der Waals surface area contributed by atoms with Gasteiger partial charge in [-0.3, -0.25) is 9.98 Å². The second-order valence-electron chi connectivity index (χ2n) is 5.23. The molecule has 0 bridgehead atoms. The summed E-state index contributed by atoms with van der Waals surface area (Å²) in [6.45, 7) is 7.47. The van der Waals surface area contributed by atoms with Crippen molar-refractivity contribution >= 4 is 5.96 Å². The maximum atomic E-state index is 4.49. The Morgan fingerprint density at radius 3 is 2.86 bits per heavy atom. The summed E-state index contributed by atoms with van der Waals surface area (Å²) >= 11 is 0. The summed E-state index contributed by atoms with van der Waals surface area (Å²) in [6.07, 6.45) is 6.71. The Morgan fingerprint density at radius 2 is 2.19 bits per heavy atom. The first-order valence-corrected chi connectivity index (χ1v) is 7.62. The molecular weight excluding hydrogens is 260 g/mol. The number of hydrogen-bond acceptors (Lipinski definition) is 2. The standard InChI is InChI=1S/C17H28N4/c1-5-6-7-8-9-13-21(4)17(18-3)19-14-16-12-10-11-15(2)20-16/h5,10-12H,1,6-9,13-14H2,2-4H3,(H,18,19). The third kappa shape index (κ3) is 6.93. The molecule has 0 saturated heterocycles. The van der Waals surface area contributed by atoms with Crippen molar-refractivity contribution in [3.05, 3.63) is 42.2 Å². The predicted octanol–water partition coefficient (Wildman–Crippen LogP) is 3.14. The van der Waals surface area contributed by atoms with E-state index in [9.17, 15) is 0 Å². The van der Waals surface area contributed by atoms with E-state index in [1.807, 2.05) is 38.2 Å². The number of rotatable bonds is 8. The van der Waals surface area contributed by atoms with Crippen molar-refractivity contribution in [2.45, 2.75) is 39.2 Å². The Labute approximate surface area is 129 Å². The molecule has 116 valence electrons. The van der Waals surface area contributed by atoms with E-state index in [1.165, 1.54) is 19.3 Å². The van der Waals surface area contributed by atoms with Crippen LogP contribution in [0.1, 0.15) is 37.1 Å². The molecule has 0 radical (unpaired) electrons. The van der Waals surface area contributed by atoms with Crippen LogP contribution in [0.15, 0.2) is 35.8 Å². The lowest BCUT2D eigenvalue weighted by molar-refractivity contribution is 0.454. The summed E-state index contributed by atoms with van der Waals surface area (Å²) in [4.78, 5) is 11.0. The van der Waals surface area contributed by atoms with Gasteiger partial charge in [0, 0.05) is 26.3 Å². The molecule has 0 atom stereocenters. The van der Waals surface area contributed by atoms with Crippen LogP contribution in [0.2, 0.25) is 0 Å². The molecule has 0 unspecified atom stereocenters. The van der Waals surface area contributed by atoms with Crippen molar-refractivity contribution in [3.63, 3.8) is 0 Å². The van der Waals surface area contributed by atoms with Crippen molar-refractivity contribution in [2.75, 3.05) is 20.6 Å². The van der Waals surface area contributed by atoms with Gasteiger partial charge in [0.25, 0.3) is 0 Å². The molecule has 0 fully saturated rings. The fourth-order valence-corrected chi connectivity index (χ4v) is 2.17. The minimum absolute atomic E-state index is 0.704. The summed E-state index contributed by atoms with van der Waals surface area (Å²) in [5, 5.41) is 3.36. The topological polar surface area (TPSA) is 40.5 Å². The highest BCUT2D eigenvalue weighted by molar-refractivity contribution is 5.79. The highest BCUT2D eigenvalue weighted by Gasteiger charge is 2.05. The van der Waals surface area contributed by atoms with Gasteiger partial charge in [-0.05, 0) is 38.3 Å². The molecule has 0 aliphatic heterocycles. The number of pyridine rings is 1. The highest BCUT2D eigenvalue weighted by atomic mass is 15.3. The fourth-order valence-electron chi connectivity index (χ4n) is 2.17. The first kappa shape index (κ1) is 17.2. The van der Waals surface area contributed by atoms with Gasteiger partial charge in [-0.1, -0.05) is 18.6 Å². The van der Waals surface area contributed by atoms with Crippen LogP contribution in [0.25, 0.3) is 0 Å². The minimum Gasteiger partial charge on any atom is -0.351 e. The van der Waals surface area contributed by atoms with E-state index in [0.717, 1.165) is 30.3 Å². The minimum atomic E-state index is 0.704. The molecule has 0 amide bonds. The number of nitrogens with zero attached hydrogens (tertiary/aromatic N) is 3. The van der Waals surface area contributed by atoms with Crippen LogP contribution < -0.4 is 5.32 Å². The van der Waals surface area contributed by atoms with Crippen molar-refractivity contribution in [1.29, 1.82) is 0 Å². The summed E-state index contributed by atoms with van der Waals surface area (Å²) in [7, 11) is 3.90. The van der Waals surface area contributed by atoms with Crippen LogP contribution in [0.5, 0.6) is 0 Å². The van der Waals surface area contributed by atoms with E-state index in [2.05, 4.69) is 33.8 Å². The average Bonchev–Trinajstić information content (AvgIpc) is 2.48. The molecule has 4 heteroatoms. The lowest BCUT2D eigenvalue weighted by Gasteiger charge is -2.22. The van der Waals surface area contributed by atoms with E-state index in [-0.39, 0.29) is 0 Å². The van der Waals surface area contributed by atoms with Crippen molar-refractivity contribution in [3.8, 4) is 0 Å². The lowest BCUT2D eigenvalue weighted by Crippen LogP contribution is -2.39. The monoisotopic (exact) mass is 288 g/mol. The average molecular weight is 288 g/mol. The lowest BCUT2D eigenvalue weighted by atomic mass is 10.2. The predicted molar refractivity (Wildman–Crippen MR) is 90.5 cm³/mol. The van der Waals surface area contributed by atoms with Gasteiger partial charge >= 0.3 is 0 Å². The maximum Gasteiger partial charge on any atom is 0.193 e. The largest absolute Gasteiger partial charge is 0.351 e. The highest BCUT2D eigenvalue weighted by Crippen LogP contribution is 2.02. The SMILES string of the molecule is C=CCCCCCN(C)C(=NC)NCc1cccc(C)n1. The zero-order chi connectivity index (χ0) is 15.5. The van der Waals surface area contributed by atoms with E-state index in [1.54, 1.807) is 0 Å². The van der Waals surface area contributed by atoms with Crippen LogP contribution in [-0.4, -0.2) is 36.5 Å². The Balaban J connectivity index is 2.35. The number of allylic oxidation sites excluding steroid dienone is 1. The Bertz CT molecular complexity index is 454. The molecule has 1 heterocycles. The Hall–Kier alpha value is -1.84. The van der Waals surface area contributed by atoms with E-state index in [0.29, 0.717) is 6.54 Å². The Morgan fingerprint density at radius 1 is 1.38 bits per heavy atom. The molecule has 0 spiro atoms. The molecule has 4 nitrogen and oxygen atoms in total. The Kier molecular flexibility index (Phi) is 8.17. The number of guanidine groups is 1. The van der Waals surface area contributed by atoms with Gasteiger partial charge in [0.05, 0.1) is 12.2 Å². The number of nitrogens with one attached hydrogen (secondary N) is 1. The number of aryl methyl sites for hydroxylation is 1. The molecule has 1 N–H and O–H groups in total. The van der Waals surface area contributed by atoms with Gasteiger partial charge in [-0.15, -0.1) is 6.58 Å². The summed E-state index contributed by atoms with van der Waals surface area (Å²) < 4.78 is 0. The van der Waals surface area contributed by atoms with Gasteiger partial charge in [-0.25, -0.2) is 0 Å². The van der Waals surface area contributed by atoms with E-state index >= 15 is 0 Å². The summed E-state index contributed by atoms with van der Waals surface area (Å²) in [6, 6.07) is 6.07. The zero-order valence-electron chi connectivity index (χ0n) is 13.6. The number of aromatic nitrogens is 1. The van der Waals surface area contributed by atoms with Crippen LogP contribution in [0.4, 0.5) is 0 Å². The number of aliphatic imine (C=N–C) groups is 1. The summed E-state index contributed by atoms with van der Waals surface area (Å²) in [5.74, 6) is 0.919. The molecule has 1 aromatic rings. The second kappa shape index (κ2) is 9.97. The molecule has 0 aliphatic carbocycles. The quantitative estimate of drug-likeness (QED) is 0.346. The molecule has 0 saturated carbocycles. The molecular formula is C17H28N4. The normalized spacial score (nSPS) is 11.3.